The van der Waals surface area contributed by atoms with Crippen molar-refractivity contribution >= 4 is 17.7 Å². The molecule has 2 heterocycles. The minimum atomic E-state index is -1.08. The number of rotatable bonds is 4. The van der Waals surface area contributed by atoms with Gasteiger partial charge in [-0.05, 0) is 18.6 Å². The fourth-order valence-corrected chi connectivity index (χ4v) is 1.86. The van der Waals surface area contributed by atoms with Gasteiger partial charge in [-0.1, -0.05) is 0 Å². The molecule has 1 aliphatic heterocycles. The molecule has 0 spiro atoms. The van der Waals surface area contributed by atoms with E-state index in [0.717, 1.165) is 4.90 Å². The molecule has 0 saturated carbocycles. The number of nitrogens with zero attached hydrogens (tertiary/aromatic N) is 1. The third-order valence-electron chi connectivity index (χ3n) is 2.72. The van der Waals surface area contributed by atoms with E-state index < -0.39 is 17.8 Å². The summed E-state index contributed by atoms with van der Waals surface area (Å²) in [5, 5.41) is 8.92. The monoisotopic (exact) mass is 237 g/mol. The number of carbonyl (C=O) groups excluding carboxylic acids is 2. The molecule has 1 fully saturated rings. The van der Waals surface area contributed by atoms with Gasteiger partial charge in [-0.25, -0.2) is 4.79 Å². The Balaban J connectivity index is 2.09. The molecule has 1 aliphatic rings. The number of ketones is 1. The Kier molecular flexibility index (Phi) is 2.95. The first-order valence-electron chi connectivity index (χ1n) is 5.18. The number of carboxylic acid groups (broad SMARTS) is 1. The van der Waals surface area contributed by atoms with Gasteiger partial charge in [0, 0.05) is 6.42 Å². The lowest BCUT2D eigenvalue weighted by Crippen LogP contribution is -2.41. The number of amides is 1. The first-order chi connectivity index (χ1) is 8.09. The number of Topliss-reactive ketones (excluding diaryl/α,β-unsaturated/α-hetero) is 1. The van der Waals surface area contributed by atoms with Crippen LogP contribution in [-0.4, -0.2) is 40.3 Å². The Bertz CT molecular complexity index is 450. The van der Waals surface area contributed by atoms with Crippen molar-refractivity contribution in [2.24, 2.45) is 0 Å². The predicted octanol–water partition coefficient (Wildman–Crippen LogP) is 0.538. The summed E-state index contributed by atoms with van der Waals surface area (Å²) >= 11 is 0. The summed E-state index contributed by atoms with van der Waals surface area (Å²) in [7, 11) is 0. The number of furan rings is 1. The molecule has 1 atom stereocenters. The number of hydrogen-bond donors (Lipinski definition) is 1. The van der Waals surface area contributed by atoms with E-state index >= 15 is 0 Å². The van der Waals surface area contributed by atoms with E-state index in [1.54, 1.807) is 6.07 Å². The molecular weight excluding hydrogens is 226 g/mol. The summed E-state index contributed by atoms with van der Waals surface area (Å²) in [6.07, 6.45) is 1.77. The fraction of sp³-hybridized carbons (Fsp3) is 0.364. The SMILES string of the molecule is O=C(CN1C(=O)CC[C@H]1C(=O)O)c1ccco1. The Labute approximate surface area is 96.8 Å². The van der Waals surface area contributed by atoms with Crippen molar-refractivity contribution < 1.29 is 23.9 Å². The zero-order valence-electron chi connectivity index (χ0n) is 8.96. The largest absolute Gasteiger partial charge is 0.480 e. The van der Waals surface area contributed by atoms with Crippen LogP contribution >= 0.6 is 0 Å². The first kappa shape index (κ1) is 11.4. The summed E-state index contributed by atoms with van der Waals surface area (Å²) in [4.78, 5) is 35.2. The van der Waals surface area contributed by atoms with Crippen LogP contribution in [0.2, 0.25) is 0 Å². The van der Waals surface area contributed by atoms with Crippen LogP contribution in [0.15, 0.2) is 22.8 Å². The molecule has 1 saturated heterocycles. The van der Waals surface area contributed by atoms with Crippen molar-refractivity contribution in [2.75, 3.05) is 6.54 Å². The number of likely N-dealkylation sites (tertiary alicyclic amines) is 1. The Morgan fingerprint density at radius 1 is 1.53 bits per heavy atom. The highest BCUT2D eigenvalue weighted by molar-refractivity contribution is 5.98. The van der Waals surface area contributed by atoms with Crippen molar-refractivity contribution in [2.45, 2.75) is 18.9 Å². The molecule has 0 aromatic carbocycles. The van der Waals surface area contributed by atoms with Crippen LogP contribution in [0, 0.1) is 0 Å². The van der Waals surface area contributed by atoms with Crippen molar-refractivity contribution in [3.8, 4) is 0 Å². The van der Waals surface area contributed by atoms with Crippen molar-refractivity contribution in [1.29, 1.82) is 0 Å². The normalized spacial score (nSPS) is 19.6. The van der Waals surface area contributed by atoms with Gasteiger partial charge in [-0.3, -0.25) is 9.59 Å². The Hall–Kier alpha value is -2.11. The van der Waals surface area contributed by atoms with Crippen LogP contribution < -0.4 is 0 Å². The van der Waals surface area contributed by atoms with E-state index in [1.165, 1.54) is 12.3 Å². The molecule has 2 rings (SSSR count). The van der Waals surface area contributed by atoms with Crippen LogP contribution in [0.3, 0.4) is 0 Å². The highest BCUT2D eigenvalue weighted by Gasteiger charge is 2.37. The van der Waals surface area contributed by atoms with Gasteiger partial charge in [0.2, 0.25) is 11.7 Å². The Morgan fingerprint density at radius 2 is 2.29 bits per heavy atom. The average molecular weight is 237 g/mol. The van der Waals surface area contributed by atoms with Crippen LogP contribution in [0.4, 0.5) is 0 Å². The van der Waals surface area contributed by atoms with E-state index in [9.17, 15) is 14.4 Å². The molecule has 0 bridgehead atoms. The third-order valence-corrected chi connectivity index (χ3v) is 2.72. The summed E-state index contributed by atoms with van der Waals surface area (Å²) < 4.78 is 4.90. The molecule has 1 amide bonds. The zero-order valence-corrected chi connectivity index (χ0v) is 8.96. The molecule has 90 valence electrons. The molecule has 0 unspecified atom stereocenters. The minimum absolute atomic E-state index is 0.133. The van der Waals surface area contributed by atoms with E-state index in [1.807, 2.05) is 0 Å². The molecule has 1 aromatic heterocycles. The highest BCUT2D eigenvalue weighted by atomic mass is 16.4. The number of hydrogen-bond acceptors (Lipinski definition) is 4. The maximum Gasteiger partial charge on any atom is 0.326 e. The lowest BCUT2D eigenvalue weighted by atomic mass is 10.2. The zero-order chi connectivity index (χ0) is 12.4. The van der Waals surface area contributed by atoms with Crippen molar-refractivity contribution in [3.05, 3.63) is 24.2 Å². The summed E-state index contributed by atoms with van der Waals surface area (Å²) in [6, 6.07) is 2.15. The fourth-order valence-electron chi connectivity index (χ4n) is 1.86. The second kappa shape index (κ2) is 4.40. The molecule has 17 heavy (non-hydrogen) atoms. The molecular formula is C11H11NO5. The van der Waals surface area contributed by atoms with E-state index in [-0.39, 0.29) is 31.1 Å². The molecule has 0 aliphatic carbocycles. The van der Waals surface area contributed by atoms with Gasteiger partial charge in [0.25, 0.3) is 0 Å². The topological polar surface area (TPSA) is 87.8 Å². The summed E-state index contributed by atoms with van der Waals surface area (Å²) in [6.45, 7) is -0.247. The molecule has 6 nitrogen and oxygen atoms in total. The second-order valence-electron chi connectivity index (χ2n) is 3.81. The molecule has 1 N–H and O–H groups in total. The molecule has 1 aromatic rings. The number of carboxylic acids is 1. The molecule has 6 heteroatoms. The van der Waals surface area contributed by atoms with E-state index in [0.29, 0.717) is 0 Å². The standard InChI is InChI=1S/C11H11NO5/c13-8(9-2-1-5-17-9)6-12-7(11(15)16)3-4-10(12)14/h1-2,5,7H,3-4,6H2,(H,15,16)/t7-/m0/s1. The van der Waals surface area contributed by atoms with Gasteiger partial charge in [0.1, 0.15) is 6.04 Å². The van der Waals surface area contributed by atoms with E-state index in [2.05, 4.69) is 0 Å². The van der Waals surface area contributed by atoms with Crippen LogP contribution in [0.5, 0.6) is 0 Å². The van der Waals surface area contributed by atoms with Gasteiger partial charge in [0.15, 0.2) is 5.76 Å². The lowest BCUT2D eigenvalue weighted by molar-refractivity contribution is -0.145. The second-order valence-corrected chi connectivity index (χ2v) is 3.81. The Morgan fingerprint density at radius 3 is 2.88 bits per heavy atom. The summed E-state index contributed by atoms with van der Waals surface area (Å²) in [5.41, 5.74) is 0. The number of aliphatic carboxylic acids is 1. The van der Waals surface area contributed by atoms with Crippen LogP contribution in [0.1, 0.15) is 23.4 Å². The smallest absolute Gasteiger partial charge is 0.326 e. The van der Waals surface area contributed by atoms with Crippen LogP contribution in [0.25, 0.3) is 0 Å². The van der Waals surface area contributed by atoms with Crippen molar-refractivity contribution in [1.82, 2.24) is 4.90 Å². The van der Waals surface area contributed by atoms with Gasteiger partial charge >= 0.3 is 5.97 Å². The van der Waals surface area contributed by atoms with Crippen LogP contribution in [-0.2, 0) is 9.59 Å². The molecule has 0 radical (unpaired) electrons. The first-order valence-corrected chi connectivity index (χ1v) is 5.18. The third kappa shape index (κ3) is 2.20. The quantitative estimate of drug-likeness (QED) is 0.772. The predicted molar refractivity (Wildman–Crippen MR) is 55.4 cm³/mol. The van der Waals surface area contributed by atoms with Crippen molar-refractivity contribution in [3.63, 3.8) is 0 Å². The minimum Gasteiger partial charge on any atom is -0.480 e. The van der Waals surface area contributed by atoms with Gasteiger partial charge < -0.3 is 14.4 Å². The maximum absolute atomic E-state index is 11.7. The maximum atomic E-state index is 11.7. The summed E-state index contributed by atoms with van der Waals surface area (Å²) in [5.74, 6) is -1.65. The number of carbonyl (C=O) groups is 3. The lowest BCUT2D eigenvalue weighted by Gasteiger charge is -2.19. The van der Waals surface area contributed by atoms with Gasteiger partial charge in [-0.15, -0.1) is 0 Å². The highest BCUT2D eigenvalue weighted by Crippen LogP contribution is 2.19. The van der Waals surface area contributed by atoms with Gasteiger partial charge in [0.05, 0.1) is 12.8 Å². The van der Waals surface area contributed by atoms with E-state index in [4.69, 9.17) is 9.52 Å². The van der Waals surface area contributed by atoms with Gasteiger partial charge in [-0.2, -0.15) is 0 Å². The average Bonchev–Trinajstić information content (AvgIpc) is 2.89.